The summed E-state index contributed by atoms with van der Waals surface area (Å²) in [5.74, 6) is 0.700. The summed E-state index contributed by atoms with van der Waals surface area (Å²) in [5, 5.41) is 15.4. The van der Waals surface area contributed by atoms with Crippen molar-refractivity contribution in [3.05, 3.63) is 12.4 Å². The molecule has 2 aliphatic rings. The van der Waals surface area contributed by atoms with E-state index in [-0.39, 0.29) is 12.0 Å². The van der Waals surface area contributed by atoms with Gasteiger partial charge in [0.1, 0.15) is 18.0 Å². The molecule has 2 aliphatic carbocycles. The molecule has 0 spiro atoms. The lowest BCUT2D eigenvalue weighted by Gasteiger charge is -2.33. The number of anilines is 2. The first-order valence-electron chi connectivity index (χ1n) is 6.28. The second-order valence-electron chi connectivity index (χ2n) is 5.05. The second kappa shape index (κ2) is 4.44. The lowest BCUT2D eigenvalue weighted by molar-refractivity contribution is -0.144. The Balaban J connectivity index is 1.54. The second-order valence-corrected chi connectivity index (χ2v) is 5.05. The Kier molecular flexibility index (Phi) is 2.77. The van der Waals surface area contributed by atoms with E-state index in [1.807, 2.05) is 6.07 Å². The van der Waals surface area contributed by atoms with Gasteiger partial charge in [-0.1, -0.05) is 0 Å². The number of hydrogen-bond acceptors (Lipinski definition) is 5. The van der Waals surface area contributed by atoms with Crippen molar-refractivity contribution in [2.75, 3.05) is 10.6 Å². The highest BCUT2D eigenvalue weighted by molar-refractivity contribution is 5.71. The third-order valence-electron chi connectivity index (χ3n) is 3.44. The summed E-state index contributed by atoms with van der Waals surface area (Å²) in [6.07, 6.45) is 5.28. The zero-order valence-electron chi connectivity index (χ0n) is 9.97. The summed E-state index contributed by atoms with van der Waals surface area (Å²) in [4.78, 5) is 19.0. The van der Waals surface area contributed by atoms with Crippen LogP contribution in [-0.2, 0) is 4.79 Å². The van der Waals surface area contributed by atoms with Crippen LogP contribution in [0, 0.1) is 5.92 Å². The van der Waals surface area contributed by atoms with Gasteiger partial charge in [0.2, 0.25) is 0 Å². The number of rotatable bonds is 5. The van der Waals surface area contributed by atoms with Gasteiger partial charge >= 0.3 is 5.97 Å². The van der Waals surface area contributed by atoms with E-state index in [1.54, 1.807) is 0 Å². The van der Waals surface area contributed by atoms with E-state index in [4.69, 9.17) is 5.11 Å². The Bertz CT molecular complexity index is 455. The van der Waals surface area contributed by atoms with Crippen LogP contribution < -0.4 is 10.6 Å². The molecule has 0 saturated heterocycles. The van der Waals surface area contributed by atoms with Crippen LogP contribution >= 0.6 is 0 Å². The van der Waals surface area contributed by atoms with E-state index in [9.17, 15) is 4.79 Å². The first-order valence-corrected chi connectivity index (χ1v) is 6.28. The number of carboxylic acids is 1. The molecule has 3 N–H and O–H groups in total. The molecule has 1 aromatic heterocycles. The fraction of sp³-hybridized carbons (Fsp3) is 0.583. The maximum atomic E-state index is 10.7. The number of aromatic nitrogens is 2. The Labute approximate surface area is 105 Å². The quantitative estimate of drug-likeness (QED) is 0.728. The van der Waals surface area contributed by atoms with E-state index < -0.39 is 5.97 Å². The lowest BCUT2D eigenvalue weighted by Crippen LogP contribution is -2.39. The summed E-state index contributed by atoms with van der Waals surface area (Å²) in [6.45, 7) is 0. The Morgan fingerprint density at radius 2 is 1.78 bits per heavy atom. The van der Waals surface area contributed by atoms with Crippen molar-refractivity contribution >= 4 is 17.6 Å². The average Bonchev–Trinajstić information content (AvgIpc) is 3.07. The summed E-state index contributed by atoms with van der Waals surface area (Å²) in [6, 6.07) is 2.66. The van der Waals surface area contributed by atoms with Gasteiger partial charge in [-0.3, -0.25) is 4.79 Å². The molecule has 1 aromatic rings. The van der Waals surface area contributed by atoms with Crippen LogP contribution in [0.4, 0.5) is 11.6 Å². The average molecular weight is 248 g/mol. The Morgan fingerprint density at radius 1 is 1.17 bits per heavy atom. The van der Waals surface area contributed by atoms with Gasteiger partial charge in [-0.15, -0.1) is 0 Å². The molecule has 0 radical (unpaired) electrons. The maximum absolute atomic E-state index is 10.7. The predicted octanol–water partition coefficient (Wildman–Crippen LogP) is 1.33. The van der Waals surface area contributed by atoms with E-state index in [0.717, 1.165) is 11.6 Å². The largest absolute Gasteiger partial charge is 0.481 e. The molecule has 6 nitrogen and oxygen atoms in total. The first kappa shape index (κ1) is 11.3. The molecule has 18 heavy (non-hydrogen) atoms. The number of carbonyl (C=O) groups is 1. The maximum Gasteiger partial charge on any atom is 0.306 e. The van der Waals surface area contributed by atoms with Gasteiger partial charge in [-0.25, -0.2) is 9.97 Å². The molecule has 0 atom stereocenters. The molecule has 2 fully saturated rings. The topological polar surface area (TPSA) is 87.1 Å². The van der Waals surface area contributed by atoms with Crippen molar-refractivity contribution in [1.82, 2.24) is 9.97 Å². The van der Waals surface area contributed by atoms with E-state index in [0.29, 0.717) is 18.9 Å². The highest BCUT2D eigenvalue weighted by Gasteiger charge is 2.34. The number of carboxylic acid groups (broad SMARTS) is 1. The molecule has 0 aromatic carbocycles. The molecule has 0 aliphatic heterocycles. The van der Waals surface area contributed by atoms with Crippen molar-refractivity contribution < 1.29 is 9.90 Å². The molecule has 0 bridgehead atoms. The molecule has 0 amide bonds. The van der Waals surface area contributed by atoms with Gasteiger partial charge < -0.3 is 15.7 Å². The molecular formula is C12H16N4O2. The minimum Gasteiger partial charge on any atom is -0.481 e. The summed E-state index contributed by atoms with van der Waals surface area (Å²) in [5.41, 5.74) is 0. The monoisotopic (exact) mass is 248 g/mol. The third kappa shape index (κ3) is 2.52. The molecule has 1 heterocycles. The van der Waals surface area contributed by atoms with Crippen LogP contribution in [0.2, 0.25) is 0 Å². The van der Waals surface area contributed by atoms with E-state index in [1.165, 1.54) is 19.2 Å². The first-order chi connectivity index (χ1) is 8.70. The summed E-state index contributed by atoms with van der Waals surface area (Å²) >= 11 is 0. The van der Waals surface area contributed by atoms with Crippen molar-refractivity contribution in [3.63, 3.8) is 0 Å². The van der Waals surface area contributed by atoms with Crippen LogP contribution in [0.5, 0.6) is 0 Å². The number of nitrogens with zero attached hydrogens (tertiary/aromatic N) is 2. The number of nitrogens with one attached hydrogen (secondary N) is 2. The fourth-order valence-electron chi connectivity index (χ4n) is 2.10. The minimum atomic E-state index is -0.702. The smallest absolute Gasteiger partial charge is 0.306 e. The van der Waals surface area contributed by atoms with Gasteiger partial charge in [0.15, 0.2) is 0 Å². The molecule has 96 valence electrons. The standard InChI is InChI=1S/C12H16N4O2/c17-12(18)7-3-9(4-7)16-11-5-10(13-6-14-11)15-8-1-2-8/h5-9H,1-4H2,(H,17,18)(H2,13,14,15,16). The number of hydrogen-bond donors (Lipinski definition) is 3. The van der Waals surface area contributed by atoms with Crippen LogP contribution in [-0.4, -0.2) is 33.1 Å². The van der Waals surface area contributed by atoms with E-state index >= 15 is 0 Å². The van der Waals surface area contributed by atoms with Gasteiger partial charge in [0, 0.05) is 18.2 Å². The zero-order chi connectivity index (χ0) is 12.5. The zero-order valence-corrected chi connectivity index (χ0v) is 9.97. The van der Waals surface area contributed by atoms with Crippen LogP contribution in [0.3, 0.4) is 0 Å². The normalized spacial score (nSPS) is 26.2. The van der Waals surface area contributed by atoms with Crippen molar-refractivity contribution in [1.29, 1.82) is 0 Å². The third-order valence-corrected chi connectivity index (χ3v) is 3.44. The van der Waals surface area contributed by atoms with Crippen LogP contribution in [0.15, 0.2) is 12.4 Å². The van der Waals surface area contributed by atoms with Gasteiger partial charge in [-0.05, 0) is 25.7 Å². The molecular weight excluding hydrogens is 232 g/mol. The SMILES string of the molecule is O=C(O)C1CC(Nc2cc(NC3CC3)ncn2)C1. The van der Waals surface area contributed by atoms with Gasteiger partial charge in [0.25, 0.3) is 0 Å². The molecule has 6 heteroatoms. The van der Waals surface area contributed by atoms with Crippen molar-refractivity contribution in [3.8, 4) is 0 Å². The van der Waals surface area contributed by atoms with Gasteiger partial charge in [-0.2, -0.15) is 0 Å². The van der Waals surface area contributed by atoms with Crippen LogP contribution in [0.25, 0.3) is 0 Å². The fourth-order valence-corrected chi connectivity index (χ4v) is 2.10. The summed E-state index contributed by atoms with van der Waals surface area (Å²) in [7, 11) is 0. The lowest BCUT2D eigenvalue weighted by atomic mass is 9.80. The minimum absolute atomic E-state index is 0.201. The number of aliphatic carboxylic acids is 1. The Hall–Kier alpha value is -1.85. The van der Waals surface area contributed by atoms with Crippen molar-refractivity contribution in [2.24, 2.45) is 5.92 Å². The van der Waals surface area contributed by atoms with E-state index in [2.05, 4.69) is 20.6 Å². The predicted molar refractivity (Wildman–Crippen MR) is 66.4 cm³/mol. The van der Waals surface area contributed by atoms with Gasteiger partial charge in [0.05, 0.1) is 5.92 Å². The molecule has 2 saturated carbocycles. The summed E-state index contributed by atoms with van der Waals surface area (Å²) < 4.78 is 0. The molecule has 0 unspecified atom stereocenters. The van der Waals surface area contributed by atoms with Crippen molar-refractivity contribution in [2.45, 2.75) is 37.8 Å². The Morgan fingerprint density at radius 3 is 2.33 bits per heavy atom. The highest BCUT2D eigenvalue weighted by atomic mass is 16.4. The molecule has 3 rings (SSSR count). The van der Waals surface area contributed by atoms with Crippen LogP contribution in [0.1, 0.15) is 25.7 Å². The highest BCUT2D eigenvalue weighted by Crippen LogP contribution is 2.30.